The topological polar surface area (TPSA) is 58.9 Å². The summed E-state index contributed by atoms with van der Waals surface area (Å²) in [6.45, 7) is 0. The van der Waals surface area contributed by atoms with Gasteiger partial charge in [-0.1, -0.05) is 0 Å². The highest BCUT2D eigenvalue weighted by Gasteiger charge is 2.37. The number of halogens is 1. The lowest BCUT2D eigenvalue weighted by Crippen LogP contribution is -2.38. The van der Waals surface area contributed by atoms with E-state index in [1.54, 1.807) is 12.1 Å². The van der Waals surface area contributed by atoms with Gasteiger partial charge in [0, 0.05) is 0 Å². The number of benzene rings is 1. The van der Waals surface area contributed by atoms with E-state index in [1.165, 1.54) is 0 Å². The molecule has 6 heteroatoms. The molecule has 15 heavy (non-hydrogen) atoms. The minimum absolute atomic E-state index is 0.268. The summed E-state index contributed by atoms with van der Waals surface area (Å²) < 4.78 is 4.78. The van der Waals surface area contributed by atoms with Crippen LogP contribution in [-0.2, 0) is 4.84 Å². The predicted octanol–water partition coefficient (Wildman–Crippen LogP) is 0.399. The largest absolute Gasteiger partial charge is 0.778 e. The first-order valence-electron chi connectivity index (χ1n) is 4.37. The van der Waals surface area contributed by atoms with E-state index in [-0.39, 0.29) is 4.05 Å². The Morgan fingerprint density at radius 2 is 2.13 bits per heavy atom. The molecule has 0 amide bonds. The van der Waals surface area contributed by atoms with Crippen LogP contribution in [0.4, 0.5) is 5.69 Å². The Kier molecular flexibility index (Phi) is 3.29. The first-order chi connectivity index (χ1) is 7.22. The lowest BCUT2D eigenvalue weighted by Gasteiger charge is -2.17. The van der Waals surface area contributed by atoms with E-state index in [1.807, 2.05) is 46.9 Å². The van der Waals surface area contributed by atoms with E-state index < -0.39 is 6.29 Å². The molecule has 1 aliphatic rings. The SMILES string of the molecule is COc1ccc(N2N[O+]C([O-])C2I)cc1. The smallest absolute Gasteiger partial charge is 0.243 e. The Hall–Kier alpha value is -0.570. The zero-order chi connectivity index (χ0) is 10.8. The van der Waals surface area contributed by atoms with Gasteiger partial charge in [0.2, 0.25) is 6.29 Å². The van der Waals surface area contributed by atoms with Gasteiger partial charge in [-0.2, -0.15) is 0 Å². The second-order valence-electron chi connectivity index (χ2n) is 3.02. The van der Waals surface area contributed by atoms with Crippen molar-refractivity contribution in [2.75, 3.05) is 12.1 Å². The van der Waals surface area contributed by atoms with Crippen molar-refractivity contribution in [2.24, 2.45) is 0 Å². The molecule has 0 aromatic heterocycles. The van der Waals surface area contributed by atoms with Crippen LogP contribution in [0.15, 0.2) is 24.3 Å². The van der Waals surface area contributed by atoms with Crippen LogP contribution in [0.1, 0.15) is 0 Å². The monoisotopic (exact) mass is 321 g/mol. The molecule has 1 aliphatic heterocycles. The van der Waals surface area contributed by atoms with Crippen LogP contribution >= 0.6 is 22.6 Å². The molecule has 1 heterocycles. The fourth-order valence-electron chi connectivity index (χ4n) is 1.27. The number of methoxy groups -OCH3 is 1. The maximum Gasteiger partial charge on any atom is 0.243 e. The third kappa shape index (κ3) is 2.17. The van der Waals surface area contributed by atoms with Crippen LogP contribution in [-0.4, -0.2) is 17.4 Å². The summed E-state index contributed by atoms with van der Waals surface area (Å²) in [5, 5.41) is 12.9. The quantitative estimate of drug-likeness (QED) is 0.370. The minimum Gasteiger partial charge on any atom is -0.778 e. The molecule has 1 radical (unpaired) electrons. The fourth-order valence-corrected chi connectivity index (χ4v) is 1.86. The van der Waals surface area contributed by atoms with E-state index in [2.05, 4.69) is 5.59 Å². The summed E-state index contributed by atoms with van der Waals surface area (Å²) >= 11 is 2.04. The number of hydrazine groups is 1. The summed E-state index contributed by atoms with van der Waals surface area (Å²) in [7, 11) is 1.61. The van der Waals surface area contributed by atoms with Crippen LogP contribution in [0.25, 0.3) is 0 Å². The number of nitrogens with one attached hydrogen (secondary N) is 1. The van der Waals surface area contributed by atoms with Crippen LogP contribution < -0.4 is 20.4 Å². The van der Waals surface area contributed by atoms with Gasteiger partial charge >= 0.3 is 0 Å². The average Bonchev–Trinajstić information content (AvgIpc) is 2.60. The standard InChI is InChI=1S/C9H10IN2O3/c1-14-7-4-2-6(3-5-7)12-8(10)9(13)15-11-12/h2-5,8-9,11H,1H3. The maximum absolute atomic E-state index is 11.2. The van der Waals surface area contributed by atoms with Gasteiger partial charge < -0.3 is 9.84 Å². The number of rotatable bonds is 2. The molecule has 1 fully saturated rings. The predicted molar refractivity (Wildman–Crippen MR) is 61.3 cm³/mol. The number of ether oxygens (including phenoxy) is 1. The van der Waals surface area contributed by atoms with Gasteiger partial charge in [-0.05, 0) is 51.7 Å². The average molecular weight is 321 g/mol. The van der Waals surface area contributed by atoms with Crippen LogP contribution in [0.3, 0.4) is 0 Å². The molecule has 1 aromatic rings. The van der Waals surface area contributed by atoms with E-state index in [0.717, 1.165) is 11.4 Å². The van der Waals surface area contributed by atoms with Gasteiger partial charge in [0.05, 0.1) is 18.4 Å². The molecule has 2 rings (SSSR count). The molecule has 0 aliphatic carbocycles. The molecular weight excluding hydrogens is 311 g/mol. The van der Waals surface area contributed by atoms with Crippen LogP contribution in [0, 0.1) is 0 Å². The molecule has 1 N–H and O–H groups in total. The van der Waals surface area contributed by atoms with Gasteiger partial charge in [-0.3, -0.25) is 0 Å². The third-order valence-corrected chi connectivity index (χ3v) is 3.23. The molecule has 0 spiro atoms. The van der Waals surface area contributed by atoms with Crippen molar-refractivity contribution in [1.82, 2.24) is 5.59 Å². The van der Waals surface area contributed by atoms with Crippen molar-refractivity contribution in [1.29, 1.82) is 0 Å². The lowest BCUT2D eigenvalue weighted by atomic mass is 10.3. The molecule has 1 saturated heterocycles. The molecular formula is C9H10IN2O3. The van der Waals surface area contributed by atoms with Gasteiger partial charge in [-0.15, -0.1) is 0 Å². The second-order valence-corrected chi connectivity index (χ2v) is 4.29. The van der Waals surface area contributed by atoms with Crippen molar-refractivity contribution >= 4 is 28.3 Å². The molecule has 0 saturated carbocycles. The highest BCUT2D eigenvalue weighted by molar-refractivity contribution is 14.1. The summed E-state index contributed by atoms with van der Waals surface area (Å²) in [6.07, 6.45) is -1.08. The van der Waals surface area contributed by atoms with Gasteiger partial charge in [0.15, 0.2) is 4.05 Å². The molecule has 81 valence electrons. The van der Waals surface area contributed by atoms with Gasteiger partial charge in [-0.25, -0.2) is 5.01 Å². The Morgan fingerprint density at radius 1 is 1.47 bits per heavy atom. The Morgan fingerprint density at radius 3 is 2.60 bits per heavy atom. The van der Waals surface area contributed by atoms with E-state index in [4.69, 9.17) is 9.57 Å². The van der Waals surface area contributed by atoms with Crippen molar-refractivity contribution < 1.29 is 14.7 Å². The molecule has 2 atom stereocenters. The zero-order valence-corrected chi connectivity index (χ0v) is 10.2. The summed E-state index contributed by atoms with van der Waals surface area (Å²) in [5.74, 6) is 0.780. The number of nitrogens with zero attached hydrogens (tertiary/aromatic N) is 1. The molecule has 0 bridgehead atoms. The molecule has 5 nitrogen and oxygen atoms in total. The fraction of sp³-hybridized carbons (Fsp3) is 0.333. The summed E-state index contributed by atoms with van der Waals surface area (Å²) in [5.41, 5.74) is 3.45. The lowest BCUT2D eigenvalue weighted by molar-refractivity contribution is -0.485. The third-order valence-electron chi connectivity index (χ3n) is 2.09. The van der Waals surface area contributed by atoms with Crippen molar-refractivity contribution in [2.45, 2.75) is 10.3 Å². The second kappa shape index (κ2) is 4.52. The Labute approximate surface area is 101 Å². The van der Waals surface area contributed by atoms with Crippen molar-refractivity contribution in [3.63, 3.8) is 0 Å². The van der Waals surface area contributed by atoms with Crippen molar-refractivity contribution in [3.8, 4) is 5.75 Å². The number of hydrogen-bond donors (Lipinski definition) is 1. The highest BCUT2D eigenvalue weighted by atomic mass is 127. The van der Waals surface area contributed by atoms with Crippen LogP contribution in [0.5, 0.6) is 5.75 Å². The first-order valence-corrected chi connectivity index (χ1v) is 5.61. The molecule has 2 unspecified atom stereocenters. The van der Waals surface area contributed by atoms with Crippen LogP contribution in [0.2, 0.25) is 0 Å². The number of hydrogen-bond acceptors (Lipinski definition) is 5. The summed E-state index contributed by atoms with van der Waals surface area (Å²) in [6, 6.07) is 7.38. The van der Waals surface area contributed by atoms with Gasteiger partial charge in [0.25, 0.3) is 0 Å². The van der Waals surface area contributed by atoms with E-state index in [9.17, 15) is 5.11 Å². The van der Waals surface area contributed by atoms with E-state index in [0.29, 0.717) is 0 Å². The Bertz CT molecular complexity index is 333. The number of anilines is 1. The minimum atomic E-state index is -1.08. The summed E-state index contributed by atoms with van der Waals surface area (Å²) in [4.78, 5) is 4.77. The Balaban J connectivity index is 2.16. The number of alkyl halides is 1. The normalized spacial score (nSPS) is 25.7. The van der Waals surface area contributed by atoms with Gasteiger partial charge in [0.1, 0.15) is 5.75 Å². The first kappa shape index (κ1) is 10.9. The van der Waals surface area contributed by atoms with E-state index >= 15 is 0 Å². The maximum atomic E-state index is 11.2. The van der Waals surface area contributed by atoms with Crippen molar-refractivity contribution in [3.05, 3.63) is 24.3 Å². The highest BCUT2D eigenvalue weighted by Crippen LogP contribution is 2.25. The zero-order valence-electron chi connectivity index (χ0n) is 8.01. The molecule has 1 aromatic carbocycles.